The second-order valence-corrected chi connectivity index (χ2v) is 3.94. The van der Waals surface area contributed by atoms with E-state index in [0.717, 1.165) is 6.42 Å². The van der Waals surface area contributed by atoms with Crippen LogP contribution in [0.25, 0.3) is 16.8 Å². The molecule has 1 aliphatic rings. The van der Waals surface area contributed by atoms with Gasteiger partial charge in [0.1, 0.15) is 0 Å². The Morgan fingerprint density at radius 1 is 0.941 bits per heavy atom. The van der Waals surface area contributed by atoms with Gasteiger partial charge in [0, 0.05) is 0 Å². The molecule has 17 heavy (non-hydrogen) atoms. The topological polar surface area (TPSA) is 0 Å². The van der Waals surface area contributed by atoms with E-state index in [0.29, 0.717) is 0 Å². The molecule has 0 saturated heterocycles. The molecule has 0 heteroatoms. The molecule has 0 N–H and O–H groups in total. The Hall–Kier alpha value is -2.08. The van der Waals surface area contributed by atoms with Gasteiger partial charge in [0.15, 0.2) is 0 Å². The van der Waals surface area contributed by atoms with Gasteiger partial charge in [-0.25, -0.2) is 0 Å². The van der Waals surface area contributed by atoms with Crippen molar-refractivity contribution in [2.45, 2.75) is 6.42 Å². The molecule has 0 unspecified atom stereocenters. The van der Waals surface area contributed by atoms with Gasteiger partial charge in [0.2, 0.25) is 0 Å². The summed E-state index contributed by atoms with van der Waals surface area (Å²) in [6.07, 6.45) is 8.81. The number of hydrogen-bond acceptors (Lipinski definition) is 0. The number of allylic oxidation sites excluding steroid dienone is 3. The van der Waals surface area contributed by atoms with Gasteiger partial charge in [-0.1, -0.05) is 73.9 Å². The van der Waals surface area contributed by atoms with E-state index in [9.17, 15) is 0 Å². The highest BCUT2D eigenvalue weighted by molar-refractivity contribution is 5.94. The van der Waals surface area contributed by atoms with E-state index in [2.05, 4.69) is 61.7 Å². The largest absolute Gasteiger partial charge is 0.0991 e. The van der Waals surface area contributed by atoms with Crippen molar-refractivity contribution in [2.75, 3.05) is 0 Å². The van der Waals surface area contributed by atoms with Crippen LogP contribution in [0.5, 0.6) is 0 Å². The van der Waals surface area contributed by atoms with Crippen LogP contribution in [0.1, 0.15) is 11.1 Å². The van der Waals surface area contributed by atoms with E-state index in [1.807, 2.05) is 0 Å². The highest BCUT2D eigenvalue weighted by atomic mass is 14.1. The van der Waals surface area contributed by atoms with E-state index < -0.39 is 0 Å². The second kappa shape index (κ2) is 5.31. The van der Waals surface area contributed by atoms with Crippen molar-refractivity contribution in [3.63, 3.8) is 0 Å². The lowest BCUT2D eigenvalue weighted by Gasteiger charge is -2.11. The first kappa shape index (κ1) is 11.4. The minimum atomic E-state index is 1.08. The fourth-order valence-electron chi connectivity index (χ4n) is 2.07. The minimum Gasteiger partial charge on any atom is -0.0991 e. The Morgan fingerprint density at radius 3 is 2.35 bits per heavy atom. The standard InChI is InChI=1S/C13H10.C4H6/c1-4-10-6-2-8-12-9-3-7-11(5-1)13(10)12;1-3-4-2/h1-8H,9H2;3-4H,1-2H2. The SMILES string of the molecule is C1=Cc2cccc3cccc(c23)C1.C=CC=C. The molecule has 2 aromatic carbocycles. The maximum Gasteiger partial charge on any atom is -0.00763 e. The average molecular weight is 220 g/mol. The molecule has 0 aromatic heterocycles. The van der Waals surface area contributed by atoms with Crippen molar-refractivity contribution in [3.8, 4) is 0 Å². The van der Waals surface area contributed by atoms with E-state index >= 15 is 0 Å². The highest BCUT2D eigenvalue weighted by Crippen LogP contribution is 2.27. The van der Waals surface area contributed by atoms with Gasteiger partial charge < -0.3 is 0 Å². The normalized spacial score (nSPS) is 11.5. The van der Waals surface area contributed by atoms with Gasteiger partial charge in [-0.05, 0) is 28.3 Å². The van der Waals surface area contributed by atoms with Gasteiger partial charge in [0.05, 0.1) is 0 Å². The number of rotatable bonds is 1. The van der Waals surface area contributed by atoms with Crippen LogP contribution in [-0.4, -0.2) is 0 Å². The molecule has 0 saturated carbocycles. The summed E-state index contributed by atoms with van der Waals surface area (Å²) in [5, 5.41) is 2.80. The van der Waals surface area contributed by atoms with Crippen molar-refractivity contribution in [3.05, 3.63) is 78.9 Å². The van der Waals surface area contributed by atoms with Crippen LogP contribution in [0, 0.1) is 0 Å². The Bertz CT molecular complexity index is 562. The molecule has 0 heterocycles. The fraction of sp³-hybridized carbons (Fsp3) is 0.0588. The van der Waals surface area contributed by atoms with Crippen LogP contribution in [-0.2, 0) is 6.42 Å². The van der Waals surface area contributed by atoms with Crippen molar-refractivity contribution < 1.29 is 0 Å². The minimum absolute atomic E-state index is 1.08. The first-order valence-corrected chi connectivity index (χ1v) is 5.77. The van der Waals surface area contributed by atoms with Crippen LogP contribution in [0.3, 0.4) is 0 Å². The Balaban J connectivity index is 0.000000239. The zero-order valence-corrected chi connectivity index (χ0v) is 9.89. The Labute approximate surface area is 103 Å². The van der Waals surface area contributed by atoms with Crippen molar-refractivity contribution >= 4 is 16.8 Å². The molecule has 84 valence electrons. The summed E-state index contributed by atoms with van der Waals surface area (Å²) in [5.74, 6) is 0. The lowest BCUT2D eigenvalue weighted by atomic mass is 9.93. The smallest absolute Gasteiger partial charge is 0.00763 e. The van der Waals surface area contributed by atoms with Crippen LogP contribution in [0.2, 0.25) is 0 Å². The van der Waals surface area contributed by atoms with Crippen LogP contribution in [0.15, 0.2) is 67.8 Å². The lowest BCUT2D eigenvalue weighted by Crippen LogP contribution is -1.91. The lowest BCUT2D eigenvalue weighted by molar-refractivity contribution is 1.29. The number of hydrogen-bond donors (Lipinski definition) is 0. The first-order valence-electron chi connectivity index (χ1n) is 5.77. The summed E-state index contributed by atoms with van der Waals surface area (Å²) in [5.41, 5.74) is 2.81. The van der Waals surface area contributed by atoms with Crippen LogP contribution < -0.4 is 0 Å². The molecule has 0 aliphatic heterocycles. The molecule has 0 amide bonds. The van der Waals surface area contributed by atoms with E-state index in [4.69, 9.17) is 0 Å². The third kappa shape index (κ3) is 2.36. The second-order valence-electron chi connectivity index (χ2n) is 3.94. The molecule has 0 atom stereocenters. The molecular weight excluding hydrogens is 204 g/mol. The van der Waals surface area contributed by atoms with Crippen molar-refractivity contribution in [2.24, 2.45) is 0 Å². The molecule has 0 spiro atoms. The van der Waals surface area contributed by atoms with E-state index in [1.54, 1.807) is 12.2 Å². The fourth-order valence-corrected chi connectivity index (χ4v) is 2.07. The molecule has 1 aliphatic carbocycles. The quantitative estimate of drug-likeness (QED) is 0.607. The van der Waals surface area contributed by atoms with E-state index in [-0.39, 0.29) is 0 Å². The van der Waals surface area contributed by atoms with E-state index in [1.165, 1.54) is 21.9 Å². The van der Waals surface area contributed by atoms with Gasteiger partial charge in [-0.2, -0.15) is 0 Å². The first-order chi connectivity index (χ1) is 8.36. The van der Waals surface area contributed by atoms with Crippen LogP contribution >= 0.6 is 0 Å². The molecule has 0 nitrogen and oxygen atoms in total. The predicted molar refractivity (Wildman–Crippen MR) is 77.1 cm³/mol. The molecule has 0 fully saturated rings. The van der Waals surface area contributed by atoms with Crippen molar-refractivity contribution in [1.82, 2.24) is 0 Å². The summed E-state index contributed by atoms with van der Waals surface area (Å²) in [4.78, 5) is 0. The monoisotopic (exact) mass is 220 g/mol. The summed E-state index contributed by atoms with van der Waals surface area (Å²) in [7, 11) is 0. The number of benzene rings is 2. The Morgan fingerprint density at radius 2 is 1.65 bits per heavy atom. The molecular formula is C17H16. The van der Waals surface area contributed by atoms with Gasteiger partial charge >= 0.3 is 0 Å². The highest BCUT2D eigenvalue weighted by Gasteiger charge is 2.06. The maximum atomic E-state index is 3.36. The summed E-state index contributed by atoms with van der Waals surface area (Å²) in [6, 6.07) is 13.0. The van der Waals surface area contributed by atoms with Gasteiger partial charge in [-0.15, -0.1) is 0 Å². The third-order valence-corrected chi connectivity index (χ3v) is 2.83. The molecule has 0 radical (unpaired) electrons. The molecule has 2 aromatic rings. The van der Waals surface area contributed by atoms with Crippen molar-refractivity contribution in [1.29, 1.82) is 0 Å². The molecule has 0 bridgehead atoms. The molecule has 3 rings (SSSR count). The average Bonchev–Trinajstić information content (AvgIpc) is 2.40. The summed E-state index contributed by atoms with van der Waals surface area (Å²) >= 11 is 0. The van der Waals surface area contributed by atoms with Gasteiger partial charge in [-0.3, -0.25) is 0 Å². The zero-order valence-electron chi connectivity index (χ0n) is 9.89. The predicted octanol–water partition coefficient (Wildman–Crippen LogP) is 4.77. The third-order valence-electron chi connectivity index (χ3n) is 2.83. The summed E-state index contributed by atoms with van der Waals surface area (Å²) < 4.78 is 0. The Kier molecular flexibility index (Phi) is 3.56. The maximum absolute atomic E-state index is 3.36. The van der Waals surface area contributed by atoms with Crippen LogP contribution in [0.4, 0.5) is 0 Å². The zero-order chi connectivity index (χ0) is 12.1. The summed E-state index contributed by atoms with van der Waals surface area (Å²) in [6.45, 7) is 6.72. The van der Waals surface area contributed by atoms with Gasteiger partial charge in [0.25, 0.3) is 0 Å².